The average Bonchev–Trinajstić information content (AvgIpc) is 3.13. The van der Waals surface area contributed by atoms with Crippen LogP contribution in [0.1, 0.15) is 29.3 Å². The number of halogens is 1. The third-order valence-electron chi connectivity index (χ3n) is 4.56. The van der Waals surface area contributed by atoms with Gasteiger partial charge in [-0.3, -0.25) is 0 Å². The van der Waals surface area contributed by atoms with Crippen LogP contribution in [-0.2, 0) is 6.54 Å². The van der Waals surface area contributed by atoms with Crippen LogP contribution >= 0.6 is 11.6 Å². The van der Waals surface area contributed by atoms with Gasteiger partial charge in [0.25, 0.3) is 0 Å². The second kappa shape index (κ2) is 7.90. The lowest BCUT2D eigenvalue weighted by atomic mass is 10.0. The molecule has 1 unspecified atom stereocenters. The van der Waals surface area contributed by atoms with Crippen molar-refractivity contribution < 1.29 is 4.74 Å². The smallest absolute Gasteiger partial charge is 0.189 e. The zero-order valence-electron chi connectivity index (χ0n) is 15.5. The van der Waals surface area contributed by atoms with Crippen LogP contribution in [0.2, 0.25) is 5.02 Å². The molecule has 0 spiro atoms. The summed E-state index contributed by atoms with van der Waals surface area (Å²) in [5.74, 6) is 1.96. The number of aliphatic imine (C=N–C) groups is 1. The molecule has 0 bridgehead atoms. The fraction of sp³-hybridized carbons (Fsp3) is 0.250. The molecule has 4 rings (SSSR count). The van der Waals surface area contributed by atoms with Gasteiger partial charge in [0.05, 0.1) is 36.6 Å². The predicted molar refractivity (Wildman–Crippen MR) is 109 cm³/mol. The number of ether oxygens (including phenoxy) is 1. The number of nitrogens with two attached hydrogens (primary N) is 1. The van der Waals surface area contributed by atoms with E-state index in [9.17, 15) is 0 Å². The number of pyridine rings is 1. The molecule has 8 heteroatoms. The standard InChI is InChI=1S/C20H21ClN6O/c1-13-6-7-14(19(25-13)27-12-15(21)11-24-27)10-23-20(22)26-17-8-9-28-18-5-3-2-4-16(17)18/h2-7,11-12,17H,8-10H2,1H3,(H3,22,23,26). The lowest BCUT2D eigenvalue weighted by Gasteiger charge is -2.26. The van der Waals surface area contributed by atoms with Crippen molar-refractivity contribution in [2.45, 2.75) is 25.9 Å². The highest BCUT2D eigenvalue weighted by atomic mass is 35.5. The lowest BCUT2D eigenvalue weighted by molar-refractivity contribution is 0.262. The number of para-hydroxylation sites is 1. The number of benzene rings is 1. The Balaban J connectivity index is 1.52. The number of guanidine groups is 1. The average molecular weight is 397 g/mol. The van der Waals surface area contributed by atoms with Crippen molar-refractivity contribution in [3.8, 4) is 11.6 Å². The molecule has 0 amide bonds. The molecule has 0 fully saturated rings. The molecule has 2 aromatic heterocycles. The van der Waals surface area contributed by atoms with Crippen LogP contribution in [0.15, 0.2) is 53.8 Å². The van der Waals surface area contributed by atoms with Crippen molar-refractivity contribution in [3.05, 3.63) is 70.6 Å². The van der Waals surface area contributed by atoms with Gasteiger partial charge in [-0.05, 0) is 19.1 Å². The van der Waals surface area contributed by atoms with Crippen LogP contribution in [0.4, 0.5) is 0 Å². The van der Waals surface area contributed by atoms with Crippen molar-refractivity contribution in [3.63, 3.8) is 0 Å². The van der Waals surface area contributed by atoms with Gasteiger partial charge in [-0.1, -0.05) is 35.9 Å². The molecule has 0 radical (unpaired) electrons. The number of aromatic nitrogens is 3. The molecule has 0 saturated carbocycles. The highest BCUT2D eigenvalue weighted by Crippen LogP contribution is 2.31. The van der Waals surface area contributed by atoms with Crippen LogP contribution in [0, 0.1) is 6.92 Å². The molecule has 3 N–H and O–H groups in total. The van der Waals surface area contributed by atoms with E-state index in [4.69, 9.17) is 22.1 Å². The van der Waals surface area contributed by atoms with Gasteiger partial charge in [-0.2, -0.15) is 5.10 Å². The molecular formula is C20H21ClN6O. The van der Waals surface area contributed by atoms with Gasteiger partial charge in [-0.25, -0.2) is 14.7 Å². The van der Waals surface area contributed by atoms with E-state index in [2.05, 4.69) is 20.4 Å². The Morgan fingerprint density at radius 2 is 2.21 bits per heavy atom. The molecule has 144 valence electrons. The van der Waals surface area contributed by atoms with Crippen molar-refractivity contribution in [1.82, 2.24) is 20.1 Å². The highest BCUT2D eigenvalue weighted by Gasteiger charge is 2.21. The Bertz CT molecular complexity index is 1020. The summed E-state index contributed by atoms with van der Waals surface area (Å²) in [5, 5.41) is 8.10. The van der Waals surface area contributed by atoms with Gasteiger partial charge in [-0.15, -0.1) is 0 Å². The number of hydrogen-bond acceptors (Lipinski definition) is 4. The monoisotopic (exact) mass is 396 g/mol. The van der Waals surface area contributed by atoms with E-state index in [1.54, 1.807) is 17.1 Å². The lowest BCUT2D eigenvalue weighted by Crippen LogP contribution is -2.37. The van der Waals surface area contributed by atoms with E-state index in [1.807, 2.05) is 43.3 Å². The fourth-order valence-electron chi connectivity index (χ4n) is 3.20. The van der Waals surface area contributed by atoms with Crippen molar-refractivity contribution in [1.29, 1.82) is 0 Å². The second-order valence-corrected chi connectivity index (χ2v) is 7.05. The van der Waals surface area contributed by atoms with Crippen LogP contribution in [0.5, 0.6) is 5.75 Å². The maximum Gasteiger partial charge on any atom is 0.189 e. The van der Waals surface area contributed by atoms with Gasteiger partial charge in [0.1, 0.15) is 5.75 Å². The summed E-state index contributed by atoms with van der Waals surface area (Å²) < 4.78 is 7.34. The molecular weight excluding hydrogens is 376 g/mol. The first-order chi connectivity index (χ1) is 13.6. The first-order valence-corrected chi connectivity index (χ1v) is 9.43. The summed E-state index contributed by atoms with van der Waals surface area (Å²) in [7, 11) is 0. The zero-order chi connectivity index (χ0) is 19.5. The van der Waals surface area contributed by atoms with Crippen molar-refractivity contribution in [2.75, 3.05) is 6.61 Å². The fourth-order valence-corrected chi connectivity index (χ4v) is 3.33. The molecule has 3 heterocycles. The van der Waals surface area contributed by atoms with Gasteiger partial charge in [0.2, 0.25) is 0 Å². The molecule has 1 aromatic carbocycles. The second-order valence-electron chi connectivity index (χ2n) is 6.61. The molecule has 28 heavy (non-hydrogen) atoms. The van der Waals surface area contributed by atoms with E-state index in [1.165, 1.54) is 0 Å². The molecule has 7 nitrogen and oxygen atoms in total. The van der Waals surface area contributed by atoms with Gasteiger partial charge >= 0.3 is 0 Å². The largest absolute Gasteiger partial charge is 0.493 e. The maximum atomic E-state index is 6.17. The number of rotatable bonds is 4. The number of nitrogens with one attached hydrogen (secondary N) is 1. The molecule has 3 aromatic rings. The number of hydrogen-bond donors (Lipinski definition) is 2. The van der Waals surface area contributed by atoms with Gasteiger partial charge < -0.3 is 15.8 Å². The van der Waals surface area contributed by atoms with Gasteiger partial charge in [0.15, 0.2) is 11.8 Å². The number of nitrogens with zero attached hydrogens (tertiary/aromatic N) is 4. The Morgan fingerprint density at radius 3 is 3.04 bits per heavy atom. The van der Waals surface area contributed by atoms with E-state index in [0.717, 1.165) is 29.0 Å². The first-order valence-electron chi connectivity index (χ1n) is 9.05. The van der Waals surface area contributed by atoms with Crippen LogP contribution < -0.4 is 15.8 Å². The molecule has 0 aliphatic carbocycles. The van der Waals surface area contributed by atoms with E-state index >= 15 is 0 Å². The summed E-state index contributed by atoms with van der Waals surface area (Å²) in [6.45, 7) is 2.96. The van der Waals surface area contributed by atoms with Crippen LogP contribution in [-0.4, -0.2) is 27.3 Å². The Hall–Kier alpha value is -3.06. The quantitative estimate of drug-likeness (QED) is 0.522. The summed E-state index contributed by atoms with van der Waals surface area (Å²) in [6.07, 6.45) is 4.13. The summed E-state index contributed by atoms with van der Waals surface area (Å²) in [5.41, 5.74) is 9.05. The molecule has 1 aliphatic rings. The minimum absolute atomic E-state index is 0.0780. The summed E-state index contributed by atoms with van der Waals surface area (Å²) in [6, 6.07) is 12.0. The molecule has 1 atom stereocenters. The van der Waals surface area contributed by atoms with Gasteiger partial charge in [0, 0.05) is 23.2 Å². The topological polar surface area (TPSA) is 90.3 Å². The Kier molecular flexibility index (Phi) is 5.16. The Morgan fingerprint density at radius 1 is 1.36 bits per heavy atom. The minimum Gasteiger partial charge on any atom is -0.493 e. The third-order valence-corrected chi connectivity index (χ3v) is 4.76. The number of aryl methyl sites for hydroxylation is 1. The molecule has 1 aliphatic heterocycles. The maximum absolute atomic E-state index is 6.17. The predicted octanol–water partition coefficient (Wildman–Crippen LogP) is 3.16. The van der Waals surface area contributed by atoms with Crippen molar-refractivity contribution in [2.24, 2.45) is 10.7 Å². The van der Waals surface area contributed by atoms with Crippen LogP contribution in [0.3, 0.4) is 0 Å². The minimum atomic E-state index is 0.0780. The van der Waals surface area contributed by atoms with E-state index < -0.39 is 0 Å². The molecule has 0 saturated heterocycles. The highest BCUT2D eigenvalue weighted by molar-refractivity contribution is 6.30. The summed E-state index contributed by atoms with van der Waals surface area (Å²) in [4.78, 5) is 9.09. The normalized spacial score (nSPS) is 16.4. The summed E-state index contributed by atoms with van der Waals surface area (Å²) >= 11 is 6.00. The SMILES string of the molecule is Cc1ccc(CN=C(N)NC2CCOc3ccccc32)c(-n2cc(Cl)cn2)n1. The van der Waals surface area contributed by atoms with E-state index in [-0.39, 0.29) is 6.04 Å². The van der Waals surface area contributed by atoms with Crippen molar-refractivity contribution >= 4 is 17.6 Å². The Labute approximate surface area is 168 Å². The third kappa shape index (κ3) is 3.94. The number of fused-ring (bicyclic) bond motifs is 1. The zero-order valence-corrected chi connectivity index (χ0v) is 16.2. The van der Waals surface area contributed by atoms with E-state index in [0.29, 0.717) is 30.0 Å². The first kappa shape index (κ1) is 18.3. The van der Waals surface area contributed by atoms with Crippen LogP contribution in [0.25, 0.3) is 5.82 Å².